The van der Waals surface area contributed by atoms with Crippen LogP contribution in [0.15, 0.2) is 76.5 Å². The average molecular weight is 435 g/mol. The fourth-order valence-corrected chi connectivity index (χ4v) is 3.23. The first-order chi connectivity index (χ1) is 15.4. The second-order valence-electron chi connectivity index (χ2n) is 7.41. The lowest BCUT2D eigenvalue weighted by molar-refractivity contribution is -0.122. The summed E-state index contributed by atoms with van der Waals surface area (Å²) in [5.41, 5.74) is 5.01. The fraction of sp³-hybridized carbons (Fsp3) is 0.208. The van der Waals surface area contributed by atoms with Crippen molar-refractivity contribution >= 4 is 17.5 Å². The van der Waals surface area contributed by atoms with Crippen molar-refractivity contribution in [1.82, 2.24) is 10.8 Å². The molecule has 8 heteroatoms. The van der Waals surface area contributed by atoms with Crippen molar-refractivity contribution in [2.75, 3.05) is 0 Å². The number of nitrogens with one attached hydrogen (secondary N) is 2. The summed E-state index contributed by atoms with van der Waals surface area (Å²) in [5.74, 6) is -0.941. The molecule has 2 unspecified atom stereocenters. The highest BCUT2D eigenvalue weighted by molar-refractivity contribution is 6.00. The number of amides is 2. The first kappa shape index (κ1) is 22.8. The molecule has 0 spiro atoms. The van der Waals surface area contributed by atoms with E-state index in [0.29, 0.717) is 11.3 Å². The molecule has 0 radical (unpaired) electrons. The van der Waals surface area contributed by atoms with E-state index in [1.807, 2.05) is 13.8 Å². The van der Waals surface area contributed by atoms with Crippen molar-refractivity contribution in [3.63, 3.8) is 0 Å². The number of benzene rings is 2. The van der Waals surface area contributed by atoms with Gasteiger partial charge in [-0.2, -0.15) is 0 Å². The van der Waals surface area contributed by atoms with Gasteiger partial charge in [0.1, 0.15) is 11.8 Å². The van der Waals surface area contributed by atoms with E-state index >= 15 is 0 Å². The predicted octanol–water partition coefficient (Wildman–Crippen LogP) is 3.40. The SMILES string of the molecule is CC(=NC(C(=O)NCc1ccc(C(=O)NO)cc1)C(C)c1ccoc1)c1ccc(O)cc1. The van der Waals surface area contributed by atoms with Crippen molar-refractivity contribution in [2.45, 2.75) is 32.4 Å². The molecule has 1 heterocycles. The molecule has 2 aromatic carbocycles. The third-order valence-corrected chi connectivity index (χ3v) is 5.21. The normalized spacial score (nSPS) is 13.3. The van der Waals surface area contributed by atoms with Crippen molar-refractivity contribution < 1.29 is 24.3 Å². The van der Waals surface area contributed by atoms with Crippen LogP contribution in [0.25, 0.3) is 0 Å². The highest BCUT2D eigenvalue weighted by Crippen LogP contribution is 2.23. The van der Waals surface area contributed by atoms with Gasteiger partial charge < -0.3 is 14.8 Å². The lowest BCUT2D eigenvalue weighted by Crippen LogP contribution is -2.37. The molecule has 3 rings (SSSR count). The first-order valence-electron chi connectivity index (χ1n) is 10.1. The average Bonchev–Trinajstić information content (AvgIpc) is 3.35. The van der Waals surface area contributed by atoms with E-state index in [2.05, 4.69) is 5.32 Å². The molecule has 0 bridgehead atoms. The monoisotopic (exact) mass is 435 g/mol. The molecule has 8 nitrogen and oxygen atoms in total. The van der Waals surface area contributed by atoms with Gasteiger partial charge in [-0.3, -0.25) is 19.8 Å². The smallest absolute Gasteiger partial charge is 0.274 e. The Kier molecular flexibility index (Phi) is 7.41. The number of carbonyl (C=O) groups is 2. The molecule has 2 atom stereocenters. The summed E-state index contributed by atoms with van der Waals surface area (Å²) >= 11 is 0. The molecule has 0 saturated carbocycles. The van der Waals surface area contributed by atoms with Crippen molar-refractivity contribution in [3.05, 3.63) is 89.4 Å². The van der Waals surface area contributed by atoms with Crippen LogP contribution in [-0.2, 0) is 11.3 Å². The molecule has 0 aliphatic carbocycles. The van der Waals surface area contributed by atoms with Crippen molar-refractivity contribution in [1.29, 1.82) is 0 Å². The Morgan fingerprint density at radius 3 is 2.28 bits per heavy atom. The maximum Gasteiger partial charge on any atom is 0.274 e. The van der Waals surface area contributed by atoms with Crippen LogP contribution < -0.4 is 10.8 Å². The Morgan fingerprint density at radius 2 is 1.69 bits per heavy atom. The van der Waals surface area contributed by atoms with Gasteiger partial charge in [0, 0.05) is 23.7 Å². The van der Waals surface area contributed by atoms with Crippen molar-refractivity contribution in [3.8, 4) is 5.75 Å². The van der Waals surface area contributed by atoms with Crippen LogP contribution in [0.3, 0.4) is 0 Å². The highest BCUT2D eigenvalue weighted by atomic mass is 16.5. The van der Waals surface area contributed by atoms with Crippen LogP contribution in [0.1, 0.15) is 46.8 Å². The molecular formula is C24H25N3O5. The Hall–Kier alpha value is -3.91. The van der Waals surface area contributed by atoms with Gasteiger partial charge in [-0.1, -0.05) is 19.1 Å². The van der Waals surface area contributed by atoms with Crippen LogP contribution in [0.5, 0.6) is 5.75 Å². The van der Waals surface area contributed by atoms with E-state index < -0.39 is 11.9 Å². The molecule has 0 aliphatic rings. The number of aromatic hydroxyl groups is 1. The summed E-state index contributed by atoms with van der Waals surface area (Å²) in [7, 11) is 0. The number of hydroxylamine groups is 1. The number of nitrogens with zero attached hydrogens (tertiary/aromatic N) is 1. The number of rotatable bonds is 8. The quantitative estimate of drug-likeness (QED) is 0.245. The number of aliphatic imine (C=N–C) groups is 1. The van der Waals surface area contributed by atoms with Crippen LogP contribution in [-0.4, -0.2) is 33.9 Å². The predicted molar refractivity (Wildman–Crippen MR) is 119 cm³/mol. The molecular weight excluding hydrogens is 410 g/mol. The molecule has 0 saturated heterocycles. The highest BCUT2D eigenvalue weighted by Gasteiger charge is 2.27. The summed E-state index contributed by atoms with van der Waals surface area (Å²) in [5, 5.41) is 21.1. The van der Waals surface area contributed by atoms with Gasteiger partial charge in [-0.25, -0.2) is 5.48 Å². The standard InChI is InChI=1S/C24H25N3O5/c1-15(20-11-12-32-14-20)22(26-16(2)18-7-9-21(28)10-8-18)24(30)25-13-17-3-5-19(6-4-17)23(29)27-31/h3-12,14-15,22,28,31H,13H2,1-2H3,(H,25,30)(H,27,29). The lowest BCUT2D eigenvalue weighted by Gasteiger charge is -2.20. The Bertz CT molecular complexity index is 1070. The zero-order chi connectivity index (χ0) is 23.1. The summed E-state index contributed by atoms with van der Waals surface area (Å²) in [6.45, 7) is 3.98. The summed E-state index contributed by atoms with van der Waals surface area (Å²) < 4.78 is 5.18. The zero-order valence-electron chi connectivity index (χ0n) is 17.8. The Morgan fingerprint density at radius 1 is 1.03 bits per heavy atom. The van der Waals surface area contributed by atoms with Gasteiger partial charge in [0.05, 0.1) is 12.5 Å². The van der Waals surface area contributed by atoms with E-state index in [-0.39, 0.29) is 24.1 Å². The van der Waals surface area contributed by atoms with Crippen LogP contribution in [0, 0.1) is 0 Å². The van der Waals surface area contributed by atoms with E-state index in [1.54, 1.807) is 72.6 Å². The molecule has 32 heavy (non-hydrogen) atoms. The second kappa shape index (κ2) is 10.4. The second-order valence-corrected chi connectivity index (χ2v) is 7.41. The van der Waals surface area contributed by atoms with E-state index in [0.717, 1.165) is 16.7 Å². The summed E-state index contributed by atoms with van der Waals surface area (Å²) in [6, 6.07) is 14.3. The minimum atomic E-state index is -0.708. The largest absolute Gasteiger partial charge is 0.508 e. The van der Waals surface area contributed by atoms with Gasteiger partial charge >= 0.3 is 0 Å². The van der Waals surface area contributed by atoms with E-state index in [4.69, 9.17) is 14.6 Å². The zero-order valence-corrected chi connectivity index (χ0v) is 17.8. The maximum atomic E-state index is 13.1. The topological polar surface area (TPSA) is 124 Å². The molecule has 4 N–H and O–H groups in total. The number of hydrogen-bond donors (Lipinski definition) is 4. The van der Waals surface area contributed by atoms with Crippen LogP contribution in [0.4, 0.5) is 0 Å². The van der Waals surface area contributed by atoms with Gasteiger partial charge in [0.25, 0.3) is 5.91 Å². The fourth-order valence-electron chi connectivity index (χ4n) is 3.23. The number of carbonyl (C=O) groups excluding carboxylic acids is 2. The number of phenols is 1. The molecule has 3 aromatic rings. The van der Waals surface area contributed by atoms with Gasteiger partial charge in [-0.05, 0) is 66.1 Å². The van der Waals surface area contributed by atoms with Gasteiger partial charge in [-0.15, -0.1) is 0 Å². The summed E-state index contributed by atoms with van der Waals surface area (Å²) in [4.78, 5) is 29.2. The van der Waals surface area contributed by atoms with Gasteiger partial charge in [0.15, 0.2) is 0 Å². The van der Waals surface area contributed by atoms with Gasteiger partial charge in [0.2, 0.25) is 5.91 Å². The van der Waals surface area contributed by atoms with Crippen LogP contribution in [0.2, 0.25) is 0 Å². The third-order valence-electron chi connectivity index (χ3n) is 5.21. The minimum Gasteiger partial charge on any atom is -0.508 e. The lowest BCUT2D eigenvalue weighted by atomic mass is 9.94. The third kappa shape index (κ3) is 5.61. The molecule has 166 valence electrons. The Labute approximate surface area is 185 Å². The van der Waals surface area contributed by atoms with Crippen molar-refractivity contribution in [2.24, 2.45) is 4.99 Å². The Balaban J connectivity index is 1.78. The molecule has 2 amide bonds. The van der Waals surface area contributed by atoms with E-state index in [9.17, 15) is 14.7 Å². The van der Waals surface area contributed by atoms with E-state index in [1.165, 1.54) is 0 Å². The maximum absolute atomic E-state index is 13.1. The molecule has 0 aliphatic heterocycles. The molecule has 1 aromatic heterocycles. The van der Waals surface area contributed by atoms with Crippen LogP contribution >= 0.6 is 0 Å². The number of furan rings is 1. The minimum absolute atomic E-state index is 0.157. The summed E-state index contributed by atoms with van der Waals surface area (Å²) in [6.07, 6.45) is 3.16. The molecule has 0 fully saturated rings. The number of hydrogen-bond acceptors (Lipinski definition) is 6. The first-order valence-corrected chi connectivity index (χ1v) is 10.1. The number of phenolic OH excluding ortho intramolecular Hbond substituents is 1.